The molecule has 1 N–H and O–H groups in total. The van der Waals surface area contributed by atoms with Gasteiger partial charge in [0.2, 0.25) is 0 Å². The van der Waals surface area contributed by atoms with Crippen LogP contribution >= 0.6 is 0 Å². The average Bonchev–Trinajstić information content (AvgIpc) is 2.51. The smallest absolute Gasteiger partial charge is 0.105 e. The molecular weight excluding hydrogens is 162 g/mol. The maximum atomic E-state index is 4.20. The van der Waals surface area contributed by atoms with Crippen LogP contribution < -0.4 is 5.32 Å². The van der Waals surface area contributed by atoms with E-state index in [1.54, 1.807) is 0 Å². The second-order valence-electron chi connectivity index (χ2n) is 3.29. The number of hydrogen-bond acceptors (Lipinski definition) is 2. The summed E-state index contributed by atoms with van der Waals surface area (Å²) < 4.78 is 2.19. The summed E-state index contributed by atoms with van der Waals surface area (Å²) in [5.41, 5.74) is 0. The van der Waals surface area contributed by atoms with Gasteiger partial charge in [0.1, 0.15) is 5.82 Å². The third kappa shape index (κ3) is 2.84. The Morgan fingerprint density at radius 2 is 2.31 bits per heavy atom. The van der Waals surface area contributed by atoms with Gasteiger partial charge in [0.05, 0.1) is 0 Å². The summed E-state index contributed by atoms with van der Waals surface area (Å²) in [7, 11) is 0. The number of aryl methyl sites for hydroxylation is 1. The zero-order chi connectivity index (χ0) is 9.68. The maximum Gasteiger partial charge on any atom is 0.105 e. The quantitative estimate of drug-likeness (QED) is 0.747. The zero-order valence-corrected chi connectivity index (χ0v) is 8.75. The summed E-state index contributed by atoms with van der Waals surface area (Å²) in [5.74, 6) is 1.09. The number of likely N-dealkylation sites (N-methyl/N-ethyl adjacent to an activating group) is 1. The van der Waals surface area contributed by atoms with Crippen LogP contribution in [0.2, 0.25) is 0 Å². The van der Waals surface area contributed by atoms with E-state index in [-0.39, 0.29) is 0 Å². The third-order valence-electron chi connectivity index (χ3n) is 2.33. The molecule has 0 saturated heterocycles. The van der Waals surface area contributed by atoms with E-state index >= 15 is 0 Å². The van der Waals surface area contributed by atoms with Crippen LogP contribution in [-0.4, -0.2) is 22.1 Å². The lowest BCUT2D eigenvalue weighted by atomic mass is 10.2. The van der Waals surface area contributed by atoms with Crippen LogP contribution in [0, 0.1) is 6.92 Å². The molecule has 1 unspecified atom stereocenters. The Balaban J connectivity index is 2.51. The Kier molecular flexibility index (Phi) is 3.96. The first-order valence-electron chi connectivity index (χ1n) is 4.99. The van der Waals surface area contributed by atoms with Crippen molar-refractivity contribution in [3.8, 4) is 0 Å². The van der Waals surface area contributed by atoms with Crippen LogP contribution in [-0.2, 0) is 6.54 Å². The number of hydrogen-bond donors (Lipinski definition) is 1. The molecule has 0 aromatic carbocycles. The minimum absolute atomic E-state index is 0.568. The van der Waals surface area contributed by atoms with E-state index in [1.807, 2.05) is 19.3 Å². The molecule has 0 fully saturated rings. The van der Waals surface area contributed by atoms with Gasteiger partial charge in [0.15, 0.2) is 0 Å². The lowest BCUT2D eigenvalue weighted by Gasteiger charge is -2.16. The van der Waals surface area contributed by atoms with Crippen LogP contribution in [0.1, 0.15) is 26.1 Å². The average molecular weight is 181 g/mol. The van der Waals surface area contributed by atoms with Crippen molar-refractivity contribution in [3.63, 3.8) is 0 Å². The van der Waals surface area contributed by atoms with E-state index in [4.69, 9.17) is 0 Å². The monoisotopic (exact) mass is 181 g/mol. The van der Waals surface area contributed by atoms with Crippen molar-refractivity contribution in [1.82, 2.24) is 14.9 Å². The Morgan fingerprint density at radius 3 is 2.77 bits per heavy atom. The fourth-order valence-electron chi connectivity index (χ4n) is 1.46. The topological polar surface area (TPSA) is 29.9 Å². The normalized spacial score (nSPS) is 13.2. The predicted octanol–water partition coefficient (Wildman–Crippen LogP) is 1.58. The minimum Gasteiger partial charge on any atom is -0.334 e. The summed E-state index contributed by atoms with van der Waals surface area (Å²) in [5, 5.41) is 3.45. The molecule has 0 bridgehead atoms. The minimum atomic E-state index is 0.568. The van der Waals surface area contributed by atoms with E-state index in [0.29, 0.717) is 6.04 Å². The number of imidazole rings is 1. The maximum absolute atomic E-state index is 4.20. The van der Waals surface area contributed by atoms with Gasteiger partial charge in [-0.1, -0.05) is 13.8 Å². The summed E-state index contributed by atoms with van der Waals surface area (Å²) in [6.45, 7) is 8.45. The van der Waals surface area contributed by atoms with Gasteiger partial charge in [-0.05, 0) is 19.9 Å². The Hall–Kier alpha value is -0.830. The van der Waals surface area contributed by atoms with Gasteiger partial charge < -0.3 is 9.88 Å². The lowest BCUT2D eigenvalue weighted by Crippen LogP contribution is -2.32. The van der Waals surface area contributed by atoms with Crippen molar-refractivity contribution in [2.75, 3.05) is 6.54 Å². The Morgan fingerprint density at radius 1 is 1.54 bits per heavy atom. The van der Waals surface area contributed by atoms with E-state index in [9.17, 15) is 0 Å². The summed E-state index contributed by atoms with van der Waals surface area (Å²) in [6, 6.07) is 0.568. The molecule has 1 atom stereocenters. The van der Waals surface area contributed by atoms with Gasteiger partial charge in [0, 0.05) is 25.0 Å². The Bertz CT molecular complexity index is 242. The van der Waals surface area contributed by atoms with Gasteiger partial charge in [-0.2, -0.15) is 0 Å². The first kappa shape index (κ1) is 10.3. The second-order valence-corrected chi connectivity index (χ2v) is 3.29. The van der Waals surface area contributed by atoms with E-state index in [2.05, 4.69) is 28.7 Å². The summed E-state index contributed by atoms with van der Waals surface area (Å²) in [4.78, 5) is 4.20. The first-order valence-corrected chi connectivity index (χ1v) is 4.99. The second kappa shape index (κ2) is 5.02. The van der Waals surface area contributed by atoms with Crippen molar-refractivity contribution in [3.05, 3.63) is 18.2 Å². The number of rotatable bonds is 5. The van der Waals surface area contributed by atoms with E-state index < -0.39 is 0 Å². The summed E-state index contributed by atoms with van der Waals surface area (Å²) >= 11 is 0. The highest BCUT2D eigenvalue weighted by Crippen LogP contribution is 2.00. The molecule has 1 aromatic heterocycles. The lowest BCUT2D eigenvalue weighted by molar-refractivity contribution is 0.442. The van der Waals surface area contributed by atoms with Gasteiger partial charge >= 0.3 is 0 Å². The molecule has 0 spiro atoms. The zero-order valence-electron chi connectivity index (χ0n) is 8.75. The van der Waals surface area contributed by atoms with Gasteiger partial charge in [-0.3, -0.25) is 0 Å². The van der Waals surface area contributed by atoms with Crippen molar-refractivity contribution in [2.24, 2.45) is 0 Å². The van der Waals surface area contributed by atoms with Crippen molar-refractivity contribution in [1.29, 1.82) is 0 Å². The molecule has 0 aliphatic heterocycles. The van der Waals surface area contributed by atoms with Gasteiger partial charge in [0.25, 0.3) is 0 Å². The fraction of sp³-hybridized carbons (Fsp3) is 0.700. The van der Waals surface area contributed by atoms with E-state index in [0.717, 1.165) is 25.3 Å². The molecule has 3 heteroatoms. The fourth-order valence-corrected chi connectivity index (χ4v) is 1.46. The molecule has 0 radical (unpaired) electrons. The molecule has 1 aromatic rings. The number of nitrogens with one attached hydrogen (secondary N) is 1. The highest BCUT2D eigenvalue weighted by Gasteiger charge is 2.05. The predicted molar refractivity (Wildman–Crippen MR) is 54.7 cm³/mol. The molecule has 74 valence electrons. The molecule has 13 heavy (non-hydrogen) atoms. The Labute approximate surface area is 80.2 Å². The van der Waals surface area contributed by atoms with E-state index in [1.165, 1.54) is 0 Å². The highest BCUT2D eigenvalue weighted by molar-refractivity contribution is 4.89. The molecular formula is C10H19N3. The van der Waals surface area contributed by atoms with Crippen LogP contribution in [0.4, 0.5) is 0 Å². The summed E-state index contributed by atoms with van der Waals surface area (Å²) in [6.07, 6.45) is 5.05. The molecule has 3 nitrogen and oxygen atoms in total. The standard InChI is InChI=1S/C10H19N3/c1-4-10(11-5-2)8-13-7-6-12-9(13)3/h6-7,10-11H,4-5,8H2,1-3H3. The SMILES string of the molecule is CCNC(CC)Cn1ccnc1C. The van der Waals surface area contributed by atoms with Crippen LogP contribution in [0.25, 0.3) is 0 Å². The number of nitrogens with zero attached hydrogens (tertiary/aromatic N) is 2. The van der Waals surface area contributed by atoms with Gasteiger partial charge in [-0.25, -0.2) is 4.98 Å². The number of aromatic nitrogens is 2. The largest absolute Gasteiger partial charge is 0.334 e. The van der Waals surface area contributed by atoms with Crippen molar-refractivity contribution >= 4 is 0 Å². The van der Waals surface area contributed by atoms with Crippen LogP contribution in [0.3, 0.4) is 0 Å². The highest BCUT2D eigenvalue weighted by atomic mass is 15.1. The first-order chi connectivity index (χ1) is 6.27. The van der Waals surface area contributed by atoms with Gasteiger partial charge in [-0.15, -0.1) is 0 Å². The van der Waals surface area contributed by atoms with Crippen LogP contribution in [0.15, 0.2) is 12.4 Å². The third-order valence-corrected chi connectivity index (χ3v) is 2.33. The van der Waals surface area contributed by atoms with Crippen molar-refractivity contribution in [2.45, 2.75) is 39.8 Å². The van der Waals surface area contributed by atoms with Crippen LogP contribution in [0.5, 0.6) is 0 Å². The molecule has 0 amide bonds. The molecule has 0 aliphatic carbocycles. The molecule has 0 saturated carbocycles. The molecule has 1 heterocycles. The molecule has 1 rings (SSSR count). The van der Waals surface area contributed by atoms with Crippen molar-refractivity contribution < 1.29 is 0 Å². The molecule has 0 aliphatic rings.